The molecule has 0 radical (unpaired) electrons. The van der Waals surface area contributed by atoms with Crippen molar-refractivity contribution in [1.29, 1.82) is 0 Å². The first kappa shape index (κ1) is 18.6. The number of hydrogen-bond donors (Lipinski definition) is 2. The zero-order valence-corrected chi connectivity index (χ0v) is 15.6. The largest absolute Gasteiger partial charge is 0.388 e. The van der Waals surface area contributed by atoms with Crippen molar-refractivity contribution in [2.75, 3.05) is 25.0 Å². The van der Waals surface area contributed by atoms with Gasteiger partial charge in [-0.3, -0.25) is 9.69 Å². The highest BCUT2D eigenvalue weighted by Gasteiger charge is 2.26. The topological polar surface area (TPSA) is 52.6 Å². The van der Waals surface area contributed by atoms with Gasteiger partial charge in [0.1, 0.15) is 0 Å². The van der Waals surface area contributed by atoms with Gasteiger partial charge in [-0.2, -0.15) is 0 Å². The molecule has 2 aromatic rings. The van der Waals surface area contributed by atoms with E-state index in [1.165, 1.54) is 0 Å². The fourth-order valence-electron chi connectivity index (χ4n) is 3.80. The zero-order valence-electron chi connectivity index (χ0n) is 15.6. The monoisotopic (exact) mass is 352 g/mol. The molecule has 26 heavy (non-hydrogen) atoms. The van der Waals surface area contributed by atoms with Crippen LogP contribution in [0.3, 0.4) is 0 Å². The van der Waals surface area contributed by atoms with Crippen molar-refractivity contribution in [2.45, 2.75) is 32.8 Å². The molecule has 1 aliphatic rings. The molecule has 138 valence electrons. The molecule has 1 saturated heterocycles. The minimum atomic E-state index is -0.414. The van der Waals surface area contributed by atoms with Crippen LogP contribution in [0.4, 0.5) is 5.69 Å². The van der Waals surface area contributed by atoms with Gasteiger partial charge in [-0.05, 0) is 74.5 Å². The molecule has 0 bridgehead atoms. The molecule has 0 aliphatic carbocycles. The number of aliphatic hydroxyl groups excluding tert-OH is 1. The first-order chi connectivity index (χ1) is 12.5. The van der Waals surface area contributed by atoms with Crippen molar-refractivity contribution < 1.29 is 9.90 Å². The quantitative estimate of drug-likeness (QED) is 0.863. The molecular formula is C22H28N2O2. The second kappa shape index (κ2) is 8.47. The van der Waals surface area contributed by atoms with Gasteiger partial charge in [-0.25, -0.2) is 0 Å². The molecule has 1 amide bonds. The number of likely N-dealkylation sites (tertiary alicyclic amines) is 1. The third-order valence-corrected chi connectivity index (χ3v) is 5.09. The number of hydrogen-bond acceptors (Lipinski definition) is 3. The number of carbonyl (C=O) groups is 1. The van der Waals surface area contributed by atoms with E-state index in [1.54, 1.807) is 0 Å². The number of anilines is 1. The van der Waals surface area contributed by atoms with Gasteiger partial charge in [0.15, 0.2) is 0 Å². The normalized spacial score (nSPS) is 17.0. The average molecular weight is 352 g/mol. The summed E-state index contributed by atoms with van der Waals surface area (Å²) in [4.78, 5) is 14.5. The fraction of sp³-hybridized carbons (Fsp3) is 0.409. The number of nitrogens with zero attached hydrogens (tertiary/aromatic N) is 1. The van der Waals surface area contributed by atoms with Crippen LogP contribution in [0, 0.1) is 19.8 Å². The molecule has 3 rings (SSSR count). The lowest BCUT2D eigenvalue weighted by Crippen LogP contribution is -2.40. The molecule has 2 N–H and O–H groups in total. The molecular weight excluding hydrogens is 324 g/mol. The second-order valence-electron chi connectivity index (χ2n) is 7.39. The Bertz CT molecular complexity index is 717. The van der Waals surface area contributed by atoms with E-state index in [-0.39, 0.29) is 11.8 Å². The number of amides is 1. The molecule has 1 fully saturated rings. The maximum Gasteiger partial charge on any atom is 0.238 e. The van der Waals surface area contributed by atoms with Gasteiger partial charge in [0.25, 0.3) is 0 Å². The highest BCUT2D eigenvalue weighted by molar-refractivity contribution is 5.92. The van der Waals surface area contributed by atoms with Crippen LogP contribution in [0.15, 0.2) is 48.5 Å². The predicted octanol–water partition coefficient (Wildman–Crippen LogP) is 3.69. The van der Waals surface area contributed by atoms with Gasteiger partial charge >= 0.3 is 0 Å². The van der Waals surface area contributed by atoms with E-state index in [4.69, 9.17) is 0 Å². The summed E-state index contributed by atoms with van der Waals surface area (Å²) < 4.78 is 0. The number of benzene rings is 2. The lowest BCUT2D eigenvalue weighted by molar-refractivity contribution is -0.117. The van der Waals surface area contributed by atoms with Crippen LogP contribution >= 0.6 is 0 Å². The van der Waals surface area contributed by atoms with E-state index < -0.39 is 6.10 Å². The number of aliphatic hydroxyl groups is 1. The summed E-state index contributed by atoms with van der Waals surface area (Å²) >= 11 is 0. The van der Waals surface area contributed by atoms with Crippen LogP contribution in [0.25, 0.3) is 0 Å². The van der Waals surface area contributed by atoms with Crippen molar-refractivity contribution in [2.24, 2.45) is 5.92 Å². The Morgan fingerprint density at radius 2 is 1.73 bits per heavy atom. The highest BCUT2D eigenvalue weighted by Crippen LogP contribution is 2.30. The average Bonchev–Trinajstić information content (AvgIpc) is 2.61. The van der Waals surface area contributed by atoms with E-state index in [0.29, 0.717) is 6.54 Å². The zero-order chi connectivity index (χ0) is 18.5. The number of piperidine rings is 1. The fourth-order valence-corrected chi connectivity index (χ4v) is 3.80. The molecule has 2 aromatic carbocycles. The molecule has 1 atom stereocenters. The molecule has 1 heterocycles. The van der Waals surface area contributed by atoms with E-state index >= 15 is 0 Å². The Balaban J connectivity index is 1.48. The predicted molar refractivity (Wildman–Crippen MR) is 105 cm³/mol. The minimum Gasteiger partial charge on any atom is -0.388 e. The van der Waals surface area contributed by atoms with Crippen molar-refractivity contribution in [3.8, 4) is 0 Å². The number of aryl methyl sites for hydroxylation is 2. The van der Waals surface area contributed by atoms with Gasteiger partial charge in [-0.1, -0.05) is 36.4 Å². The van der Waals surface area contributed by atoms with Crippen LogP contribution in [-0.2, 0) is 4.79 Å². The number of carbonyl (C=O) groups excluding carboxylic acids is 1. The van der Waals surface area contributed by atoms with Crippen LogP contribution in [0.1, 0.15) is 35.6 Å². The first-order valence-corrected chi connectivity index (χ1v) is 9.35. The maximum atomic E-state index is 12.3. The van der Waals surface area contributed by atoms with Gasteiger partial charge in [-0.15, -0.1) is 0 Å². The molecule has 1 unspecified atom stereocenters. The van der Waals surface area contributed by atoms with Gasteiger partial charge in [0, 0.05) is 5.69 Å². The maximum absolute atomic E-state index is 12.3. The van der Waals surface area contributed by atoms with Crippen molar-refractivity contribution >= 4 is 11.6 Å². The van der Waals surface area contributed by atoms with Gasteiger partial charge < -0.3 is 10.4 Å². The van der Waals surface area contributed by atoms with Crippen molar-refractivity contribution in [3.05, 3.63) is 65.2 Å². The lowest BCUT2D eigenvalue weighted by atomic mass is 9.87. The summed E-state index contributed by atoms with van der Waals surface area (Å²) in [5.41, 5.74) is 4.15. The SMILES string of the molecule is Cc1cc(C)cc(NC(=O)CN2CCC(C(O)c3ccccc3)CC2)c1. The van der Waals surface area contributed by atoms with Crippen LogP contribution in [-0.4, -0.2) is 35.5 Å². The summed E-state index contributed by atoms with van der Waals surface area (Å²) in [6.45, 7) is 6.15. The molecule has 4 heteroatoms. The molecule has 0 saturated carbocycles. The van der Waals surface area contributed by atoms with Crippen LogP contribution in [0.5, 0.6) is 0 Å². The first-order valence-electron chi connectivity index (χ1n) is 9.35. The molecule has 0 spiro atoms. The van der Waals surface area contributed by atoms with Crippen molar-refractivity contribution in [3.63, 3.8) is 0 Å². The summed E-state index contributed by atoms with van der Waals surface area (Å²) in [5.74, 6) is 0.285. The lowest BCUT2D eigenvalue weighted by Gasteiger charge is -2.34. The summed E-state index contributed by atoms with van der Waals surface area (Å²) in [6.07, 6.45) is 1.40. The van der Waals surface area contributed by atoms with Gasteiger partial charge in [0.05, 0.1) is 12.6 Å². The minimum absolute atomic E-state index is 0.0251. The number of rotatable bonds is 5. The van der Waals surface area contributed by atoms with E-state index in [1.807, 2.05) is 56.3 Å². The second-order valence-corrected chi connectivity index (χ2v) is 7.39. The van der Waals surface area contributed by atoms with Crippen molar-refractivity contribution in [1.82, 2.24) is 4.90 Å². The smallest absolute Gasteiger partial charge is 0.238 e. The summed E-state index contributed by atoms with van der Waals surface area (Å²) in [5, 5.41) is 13.6. The summed E-state index contributed by atoms with van der Waals surface area (Å²) in [6, 6.07) is 15.9. The Morgan fingerprint density at radius 1 is 1.12 bits per heavy atom. The Kier molecular flexibility index (Phi) is 6.07. The Labute approximate surface area is 155 Å². The number of nitrogens with one attached hydrogen (secondary N) is 1. The molecule has 4 nitrogen and oxygen atoms in total. The molecule has 1 aliphatic heterocycles. The summed E-state index contributed by atoms with van der Waals surface area (Å²) in [7, 11) is 0. The standard InChI is InChI=1S/C22H28N2O2/c1-16-12-17(2)14-20(13-16)23-21(25)15-24-10-8-19(9-11-24)22(26)18-6-4-3-5-7-18/h3-7,12-14,19,22,26H,8-11,15H2,1-2H3,(H,23,25). The van der Waals surface area contributed by atoms with Gasteiger partial charge in [0.2, 0.25) is 5.91 Å². The third-order valence-electron chi connectivity index (χ3n) is 5.09. The van der Waals surface area contributed by atoms with E-state index in [2.05, 4.69) is 16.3 Å². The Morgan fingerprint density at radius 3 is 2.35 bits per heavy atom. The Hall–Kier alpha value is -2.17. The van der Waals surface area contributed by atoms with E-state index in [9.17, 15) is 9.90 Å². The van der Waals surface area contributed by atoms with Crippen LogP contribution < -0.4 is 5.32 Å². The third kappa shape index (κ3) is 4.93. The molecule has 0 aromatic heterocycles. The highest BCUT2D eigenvalue weighted by atomic mass is 16.3. The van der Waals surface area contributed by atoms with Crippen LogP contribution in [0.2, 0.25) is 0 Å². The van der Waals surface area contributed by atoms with E-state index in [0.717, 1.165) is 48.3 Å².